The molecule has 0 unspecified atom stereocenters. The quantitative estimate of drug-likeness (QED) is 0.579. The second kappa shape index (κ2) is 12.4. The van der Waals surface area contributed by atoms with Gasteiger partial charge in [0.15, 0.2) is 0 Å². The summed E-state index contributed by atoms with van der Waals surface area (Å²) < 4.78 is 5.08. The van der Waals surface area contributed by atoms with Crippen molar-refractivity contribution in [1.82, 2.24) is 10.2 Å². The number of rotatable bonds is 11. The molecule has 2 aromatic carbocycles. The molecule has 166 valence electrons. The highest BCUT2D eigenvalue weighted by Crippen LogP contribution is 2.22. The van der Waals surface area contributed by atoms with Gasteiger partial charge in [0.1, 0.15) is 5.75 Å². The molecule has 0 bridgehead atoms. The van der Waals surface area contributed by atoms with Crippen LogP contribution in [0.25, 0.3) is 0 Å². The smallest absolute Gasteiger partial charge is 0.243 e. The molecule has 0 fully saturated rings. The summed E-state index contributed by atoms with van der Waals surface area (Å²) in [7, 11) is 1.57. The number of nitrogens with zero attached hydrogens (tertiary/aromatic N) is 1. The van der Waals surface area contributed by atoms with Crippen LogP contribution in [0.4, 0.5) is 5.69 Å². The lowest BCUT2D eigenvalue weighted by molar-refractivity contribution is -0.137. The summed E-state index contributed by atoms with van der Waals surface area (Å²) in [4.78, 5) is 39.2. The Morgan fingerprint density at radius 3 is 2.23 bits per heavy atom. The number of hydrogen-bond donors (Lipinski definition) is 2. The summed E-state index contributed by atoms with van der Waals surface area (Å²) in [6.45, 7) is 4.15. The van der Waals surface area contributed by atoms with Gasteiger partial charge in [-0.3, -0.25) is 14.4 Å². The number of carbonyl (C=O) groups is 3. The van der Waals surface area contributed by atoms with E-state index in [0.717, 1.165) is 12.0 Å². The number of nitrogens with one attached hydrogen (secondary N) is 2. The molecular formula is C24H31N3O4. The van der Waals surface area contributed by atoms with E-state index in [4.69, 9.17) is 4.74 Å². The Labute approximate surface area is 183 Å². The molecule has 7 heteroatoms. The third-order valence-corrected chi connectivity index (χ3v) is 4.87. The number of amides is 3. The second-order valence-electron chi connectivity index (χ2n) is 7.18. The minimum atomic E-state index is -0.366. The standard InChI is InChI=1S/C24H31N3O4/c1-4-15-27(24(30)21(5-2)18-9-7-6-8-10-18)17-23(29)25-16-22(28)26-19-11-13-20(31-3)14-12-19/h6-14,21H,4-5,15-17H2,1-3H3,(H,25,29)(H,26,28)/t21-/m1/s1. The summed E-state index contributed by atoms with van der Waals surface area (Å²) in [5.41, 5.74) is 1.55. The summed E-state index contributed by atoms with van der Waals surface area (Å²) in [6, 6.07) is 16.5. The highest BCUT2D eigenvalue weighted by atomic mass is 16.5. The van der Waals surface area contributed by atoms with Crippen LogP contribution >= 0.6 is 0 Å². The first-order valence-electron chi connectivity index (χ1n) is 10.5. The molecule has 0 spiro atoms. The van der Waals surface area contributed by atoms with Gasteiger partial charge in [-0.15, -0.1) is 0 Å². The zero-order valence-electron chi connectivity index (χ0n) is 18.4. The van der Waals surface area contributed by atoms with E-state index in [1.54, 1.807) is 36.3 Å². The number of hydrogen-bond acceptors (Lipinski definition) is 4. The minimum Gasteiger partial charge on any atom is -0.497 e. The molecule has 0 heterocycles. The van der Waals surface area contributed by atoms with E-state index >= 15 is 0 Å². The average Bonchev–Trinajstić information content (AvgIpc) is 2.79. The molecule has 0 aromatic heterocycles. The van der Waals surface area contributed by atoms with E-state index < -0.39 is 0 Å². The monoisotopic (exact) mass is 425 g/mol. The fourth-order valence-electron chi connectivity index (χ4n) is 3.28. The number of ether oxygens (including phenoxy) is 1. The fourth-order valence-corrected chi connectivity index (χ4v) is 3.28. The molecule has 31 heavy (non-hydrogen) atoms. The Balaban J connectivity index is 1.90. The zero-order chi connectivity index (χ0) is 22.6. The molecule has 0 saturated carbocycles. The maximum absolute atomic E-state index is 13.1. The van der Waals surface area contributed by atoms with Crippen LogP contribution < -0.4 is 15.4 Å². The number of carbonyl (C=O) groups excluding carboxylic acids is 3. The maximum atomic E-state index is 13.1. The highest BCUT2D eigenvalue weighted by molar-refractivity contribution is 5.95. The SMILES string of the molecule is CCCN(CC(=O)NCC(=O)Nc1ccc(OC)cc1)C(=O)[C@H](CC)c1ccccc1. The predicted octanol–water partition coefficient (Wildman–Crippen LogP) is 3.18. The summed E-state index contributed by atoms with van der Waals surface area (Å²) in [5.74, 6) is -0.391. The van der Waals surface area contributed by atoms with E-state index in [9.17, 15) is 14.4 Å². The number of benzene rings is 2. The molecule has 0 radical (unpaired) electrons. The van der Waals surface area contributed by atoms with Crippen molar-refractivity contribution in [3.8, 4) is 5.75 Å². The van der Waals surface area contributed by atoms with Gasteiger partial charge >= 0.3 is 0 Å². The summed E-state index contributed by atoms with van der Waals surface area (Å²) in [6.07, 6.45) is 1.39. The summed E-state index contributed by atoms with van der Waals surface area (Å²) >= 11 is 0. The Hall–Kier alpha value is -3.35. The molecule has 0 saturated heterocycles. The normalized spacial score (nSPS) is 11.3. The van der Waals surface area contributed by atoms with Gasteiger partial charge in [-0.05, 0) is 42.7 Å². The molecule has 2 N–H and O–H groups in total. The average molecular weight is 426 g/mol. The molecule has 2 rings (SSSR count). The van der Waals surface area contributed by atoms with E-state index in [-0.39, 0.29) is 36.7 Å². The molecule has 0 aliphatic carbocycles. The van der Waals surface area contributed by atoms with Gasteiger partial charge in [0.05, 0.1) is 26.1 Å². The van der Waals surface area contributed by atoms with Gasteiger partial charge < -0.3 is 20.3 Å². The summed E-state index contributed by atoms with van der Waals surface area (Å²) in [5, 5.41) is 5.31. The van der Waals surface area contributed by atoms with E-state index in [0.29, 0.717) is 24.4 Å². The number of anilines is 1. The fraction of sp³-hybridized carbons (Fsp3) is 0.375. The van der Waals surface area contributed by atoms with E-state index in [1.807, 2.05) is 44.2 Å². The third-order valence-electron chi connectivity index (χ3n) is 4.87. The molecular weight excluding hydrogens is 394 g/mol. The zero-order valence-corrected chi connectivity index (χ0v) is 18.4. The van der Waals surface area contributed by atoms with Crippen molar-refractivity contribution in [2.45, 2.75) is 32.6 Å². The molecule has 0 aliphatic heterocycles. The van der Waals surface area contributed by atoms with Gasteiger partial charge in [0.25, 0.3) is 0 Å². The lowest BCUT2D eigenvalue weighted by Gasteiger charge is -2.26. The lowest BCUT2D eigenvalue weighted by atomic mass is 9.95. The van der Waals surface area contributed by atoms with Crippen LogP contribution in [0.5, 0.6) is 5.75 Å². The van der Waals surface area contributed by atoms with Crippen LogP contribution in [0.2, 0.25) is 0 Å². The van der Waals surface area contributed by atoms with Crippen molar-refractivity contribution in [1.29, 1.82) is 0 Å². The minimum absolute atomic E-state index is 0.0756. The Morgan fingerprint density at radius 1 is 0.968 bits per heavy atom. The molecule has 0 aliphatic rings. The maximum Gasteiger partial charge on any atom is 0.243 e. The second-order valence-corrected chi connectivity index (χ2v) is 7.18. The van der Waals surface area contributed by atoms with Crippen LogP contribution in [0.15, 0.2) is 54.6 Å². The predicted molar refractivity (Wildman–Crippen MR) is 121 cm³/mol. The molecule has 1 atom stereocenters. The first kappa shape index (κ1) is 23.9. The largest absolute Gasteiger partial charge is 0.497 e. The van der Waals surface area contributed by atoms with Gasteiger partial charge in [0, 0.05) is 12.2 Å². The van der Waals surface area contributed by atoms with Crippen LogP contribution in [-0.2, 0) is 14.4 Å². The van der Waals surface area contributed by atoms with Crippen LogP contribution in [0.3, 0.4) is 0 Å². The van der Waals surface area contributed by atoms with E-state index in [2.05, 4.69) is 10.6 Å². The van der Waals surface area contributed by atoms with Crippen molar-refractivity contribution in [3.63, 3.8) is 0 Å². The first-order valence-corrected chi connectivity index (χ1v) is 10.5. The third kappa shape index (κ3) is 7.44. The van der Waals surface area contributed by atoms with Crippen LogP contribution in [0.1, 0.15) is 38.2 Å². The van der Waals surface area contributed by atoms with Gasteiger partial charge in [0.2, 0.25) is 17.7 Å². The highest BCUT2D eigenvalue weighted by Gasteiger charge is 2.25. The van der Waals surface area contributed by atoms with Crippen LogP contribution in [-0.4, -0.2) is 49.4 Å². The van der Waals surface area contributed by atoms with Gasteiger partial charge in [-0.1, -0.05) is 44.2 Å². The van der Waals surface area contributed by atoms with Gasteiger partial charge in [-0.25, -0.2) is 0 Å². The Bertz CT molecular complexity index is 853. The van der Waals surface area contributed by atoms with Crippen molar-refractivity contribution in [2.24, 2.45) is 0 Å². The van der Waals surface area contributed by atoms with Gasteiger partial charge in [-0.2, -0.15) is 0 Å². The topological polar surface area (TPSA) is 87.7 Å². The molecule has 3 amide bonds. The Kier molecular flexibility index (Phi) is 9.55. The first-order chi connectivity index (χ1) is 15.0. The van der Waals surface area contributed by atoms with E-state index in [1.165, 1.54) is 0 Å². The molecule has 2 aromatic rings. The Morgan fingerprint density at radius 2 is 1.65 bits per heavy atom. The number of methoxy groups -OCH3 is 1. The van der Waals surface area contributed by atoms with Crippen molar-refractivity contribution in [3.05, 3.63) is 60.2 Å². The lowest BCUT2D eigenvalue weighted by Crippen LogP contribution is -2.44. The van der Waals surface area contributed by atoms with Crippen molar-refractivity contribution >= 4 is 23.4 Å². The van der Waals surface area contributed by atoms with Crippen LogP contribution in [0, 0.1) is 0 Å². The van der Waals surface area contributed by atoms with Crippen molar-refractivity contribution in [2.75, 3.05) is 32.1 Å². The van der Waals surface area contributed by atoms with Crippen molar-refractivity contribution < 1.29 is 19.1 Å². The molecule has 7 nitrogen and oxygen atoms in total.